The van der Waals surface area contributed by atoms with Gasteiger partial charge in [0.1, 0.15) is 17.1 Å². The molecule has 0 radical (unpaired) electrons. The molecule has 0 heterocycles. The molecule has 0 spiro atoms. The van der Waals surface area contributed by atoms with E-state index in [1.54, 1.807) is 33.8 Å². The number of benzene rings is 1. The molecule has 1 amide bonds. The van der Waals surface area contributed by atoms with Gasteiger partial charge in [0.15, 0.2) is 29.5 Å². The van der Waals surface area contributed by atoms with Crippen molar-refractivity contribution in [1.82, 2.24) is 0 Å². The number of hydrogen-bond donors (Lipinski definition) is 5. The Balaban J connectivity index is 1.94. The van der Waals surface area contributed by atoms with Crippen molar-refractivity contribution in [2.45, 2.75) is 53.1 Å². The Morgan fingerprint density at radius 3 is 2.41 bits per heavy atom. The fraction of sp³-hybridized carbons (Fsp3) is 0.448. The second kappa shape index (κ2) is 8.99. The summed E-state index contributed by atoms with van der Waals surface area (Å²) in [6, 6.07) is 2.94. The molecule has 206 valence electrons. The third-order valence-electron chi connectivity index (χ3n) is 8.40. The molecule has 0 saturated heterocycles. The Morgan fingerprint density at radius 2 is 1.85 bits per heavy atom. The van der Waals surface area contributed by atoms with Crippen molar-refractivity contribution in [3.63, 3.8) is 0 Å². The first-order chi connectivity index (χ1) is 18.1. The second-order valence-corrected chi connectivity index (χ2v) is 11.4. The van der Waals surface area contributed by atoms with E-state index >= 15 is 0 Å². The van der Waals surface area contributed by atoms with Gasteiger partial charge in [-0.3, -0.25) is 19.7 Å². The topological polar surface area (TPSA) is 170 Å². The van der Waals surface area contributed by atoms with Gasteiger partial charge in [-0.1, -0.05) is 39.7 Å². The molecule has 39 heavy (non-hydrogen) atoms. The predicted octanol–water partition coefficient (Wildman–Crippen LogP) is 3.53. The highest BCUT2D eigenvalue weighted by molar-refractivity contribution is 6.25. The van der Waals surface area contributed by atoms with Crippen molar-refractivity contribution in [3.05, 3.63) is 45.9 Å². The van der Waals surface area contributed by atoms with Gasteiger partial charge in [-0.25, -0.2) is 4.79 Å². The summed E-state index contributed by atoms with van der Waals surface area (Å²) in [5.74, 6) is -3.89. The molecule has 0 aromatic heterocycles. The van der Waals surface area contributed by atoms with E-state index in [9.17, 15) is 39.6 Å². The van der Waals surface area contributed by atoms with Crippen LogP contribution in [0.1, 0.15) is 57.0 Å². The smallest absolute Gasteiger partial charge is 0.412 e. The van der Waals surface area contributed by atoms with E-state index in [0.717, 1.165) is 6.92 Å². The second-order valence-electron chi connectivity index (χ2n) is 11.4. The van der Waals surface area contributed by atoms with Crippen LogP contribution in [-0.4, -0.2) is 56.1 Å². The van der Waals surface area contributed by atoms with E-state index in [1.165, 1.54) is 6.07 Å². The zero-order valence-corrected chi connectivity index (χ0v) is 22.3. The molecule has 3 aliphatic carbocycles. The Morgan fingerprint density at radius 1 is 1.21 bits per heavy atom. The maximum Gasteiger partial charge on any atom is 0.412 e. The summed E-state index contributed by atoms with van der Waals surface area (Å²) in [7, 11) is 0. The molecule has 5 N–H and O–H groups in total. The predicted molar refractivity (Wildman–Crippen MR) is 139 cm³/mol. The number of ether oxygens (including phenoxy) is 1. The number of allylic oxidation sites excluding steroid dienone is 2. The number of amides is 1. The van der Waals surface area contributed by atoms with Gasteiger partial charge in [0.25, 0.3) is 0 Å². The quantitative estimate of drug-likeness (QED) is 0.219. The van der Waals surface area contributed by atoms with E-state index < -0.39 is 68.6 Å². The molecule has 1 aromatic rings. The van der Waals surface area contributed by atoms with Crippen LogP contribution in [0, 0.1) is 35.0 Å². The molecule has 0 saturated carbocycles. The van der Waals surface area contributed by atoms with E-state index in [2.05, 4.69) is 11.2 Å². The summed E-state index contributed by atoms with van der Waals surface area (Å²) in [6.45, 7) is 7.56. The molecule has 0 aliphatic heterocycles. The number of nitrogens with one attached hydrogen (secondary N) is 1. The molecule has 1 unspecified atom stereocenters. The van der Waals surface area contributed by atoms with Crippen LogP contribution in [0.5, 0.6) is 5.75 Å². The van der Waals surface area contributed by atoms with Crippen molar-refractivity contribution in [2.75, 3.05) is 11.9 Å². The summed E-state index contributed by atoms with van der Waals surface area (Å²) < 4.78 is 4.75. The third-order valence-corrected chi connectivity index (χ3v) is 8.40. The average molecular weight is 538 g/mol. The van der Waals surface area contributed by atoms with Crippen LogP contribution in [0.3, 0.4) is 0 Å². The number of Topliss-reactive ketones (excluding diaryl/α,β-unsaturated/α-hetero) is 3. The highest BCUT2D eigenvalue weighted by atomic mass is 16.5. The van der Waals surface area contributed by atoms with Gasteiger partial charge in [0.05, 0.1) is 11.3 Å². The SMILES string of the molecule is C#CCOC(=O)Nc1ccc2c(c1O)C(=O)C1=C(O)[C@@]3(O)C(=O)C(C(C)=O)=C(O)C(C(C)C)[C@@]3(C)C[C@@]1(C)C2. The number of anilines is 1. The van der Waals surface area contributed by atoms with Gasteiger partial charge in [-0.05, 0) is 37.3 Å². The molecule has 10 nitrogen and oxygen atoms in total. The van der Waals surface area contributed by atoms with Crippen LogP contribution in [-0.2, 0) is 20.7 Å². The molecule has 1 aromatic carbocycles. The Hall–Kier alpha value is -4.10. The number of rotatable bonds is 4. The fourth-order valence-electron chi connectivity index (χ4n) is 7.08. The summed E-state index contributed by atoms with van der Waals surface area (Å²) in [5.41, 5.74) is -6.15. The summed E-state index contributed by atoms with van der Waals surface area (Å²) in [4.78, 5) is 52.0. The van der Waals surface area contributed by atoms with Crippen LogP contribution in [0.15, 0.2) is 34.8 Å². The van der Waals surface area contributed by atoms with Crippen LogP contribution >= 0.6 is 0 Å². The maximum atomic E-state index is 13.9. The minimum atomic E-state index is -2.69. The van der Waals surface area contributed by atoms with Crippen LogP contribution in [0.4, 0.5) is 10.5 Å². The van der Waals surface area contributed by atoms with Crippen molar-refractivity contribution in [1.29, 1.82) is 0 Å². The van der Waals surface area contributed by atoms with Crippen molar-refractivity contribution in [2.24, 2.45) is 22.7 Å². The lowest BCUT2D eigenvalue weighted by atomic mass is 9.44. The first-order valence-electron chi connectivity index (χ1n) is 12.5. The van der Waals surface area contributed by atoms with Gasteiger partial charge in [0, 0.05) is 22.3 Å². The van der Waals surface area contributed by atoms with Crippen molar-refractivity contribution in [3.8, 4) is 18.1 Å². The van der Waals surface area contributed by atoms with E-state index in [-0.39, 0.29) is 42.2 Å². The molecule has 0 fully saturated rings. The first-order valence-corrected chi connectivity index (χ1v) is 12.5. The summed E-state index contributed by atoms with van der Waals surface area (Å²) in [5, 5.41) is 48.0. The van der Waals surface area contributed by atoms with Crippen LogP contribution in [0.2, 0.25) is 0 Å². The van der Waals surface area contributed by atoms with Gasteiger partial charge in [-0.2, -0.15) is 0 Å². The number of carbonyl (C=O) groups is 4. The lowest BCUT2D eigenvalue weighted by Gasteiger charge is -2.59. The lowest BCUT2D eigenvalue weighted by molar-refractivity contribution is -0.171. The van der Waals surface area contributed by atoms with E-state index in [4.69, 9.17) is 11.2 Å². The molecule has 4 atom stereocenters. The largest absolute Gasteiger partial charge is 0.511 e. The van der Waals surface area contributed by atoms with Gasteiger partial charge >= 0.3 is 6.09 Å². The maximum absolute atomic E-state index is 13.9. The first kappa shape index (κ1) is 27.9. The number of phenols is 1. The van der Waals surface area contributed by atoms with Gasteiger partial charge in [0.2, 0.25) is 5.78 Å². The molecule has 10 heteroatoms. The number of ketones is 3. The Labute approximate surface area is 225 Å². The number of carbonyl (C=O) groups excluding carboxylic acids is 4. The highest BCUT2D eigenvalue weighted by Crippen LogP contribution is 2.65. The highest BCUT2D eigenvalue weighted by Gasteiger charge is 2.71. The van der Waals surface area contributed by atoms with Crippen LogP contribution in [0.25, 0.3) is 0 Å². The third kappa shape index (κ3) is 3.67. The van der Waals surface area contributed by atoms with E-state index in [0.29, 0.717) is 5.56 Å². The Kier molecular flexibility index (Phi) is 6.43. The van der Waals surface area contributed by atoms with Crippen molar-refractivity contribution >= 4 is 29.1 Å². The van der Waals surface area contributed by atoms with Crippen LogP contribution < -0.4 is 5.32 Å². The Bertz CT molecular complexity index is 1440. The average Bonchev–Trinajstić information content (AvgIpc) is 2.81. The minimum absolute atomic E-state index is 0.00984. The molecule has 4 rings (SSSR count). The normalized spacial score (nSPS) is 29.8. The molecular formula is C29H31NO9. The fourth-order valence-corrected chi connectivity index (χ4v) is 7.08. The van der Waals surface area contributed by atoms with Gasteiger partial charge < -0.3 is 25.2 Å². The minimum Gasteiger partial charge on any atom is -0.511 e. The number of fused-ring (bicyclic) bond motifs is 3. The number of hydrogen-bond acceptors (Lipinski definition) is 9. The van der Waals surface area contributed by atoms with E-state index in [1.807, 2.05) is 0 Å². The standard InChI is InChI=1S/C29H31NO9/c1-7-10-39-26(37)30-16-9-8-15-11-27(5)12-28(6)19(13(2)3)22(33)17(14(4)31)24(35)29(28,38)25(36)20(27)23(34)18(15)21(16)32/h1,8-9,13,19,32-33,36,38H,10-12H2,2-6H3,(H,30,37)/t19?,27-,28-,29+/m1/s1. The van der Waals surface area contributed by atoms with Gasteiger partial charge in [-0.15, -0.1) is 6.42 Å². The summed E-state index contributed by atoms with van der Waals surface area (Å²) >= 11 is 0. The van der Waals surface area contributed by atoms with Crippen molar-refractivity contribution < 1.29 is 44.3 Å². The monoisotopic (exact) mass is 537 g/mol. The molecule has 0 bridgehead atoms. The lowest BCUT2D eigenvalue weighted by Crippen LogP contribution is -2.67. The molecular weight excluding hydrogens is 506 g/mol. The number of aromatic hydroxyl groups is 1. The zero-order chi connectivity index (χ0) is 29.2. The number of aliphatic hydroxyl groups is 3. The zero-order valence-electron chi connectivity index (χ0n) is 22.3. The number of aliphatic hydroxyl groups excluding tert-OH is 2. The number of terminal acetylenes is 1. The number of phenolic OH excluding ortho intramolecular Hbond substituents is 1. The molecule has 3 aliphatic rings. The summed E-state index contributed by atoms with van der Waals surface area (Å²) in [6.07, 6.45) is 4.23.